The first-order valence-electron chi connectivity index (χ1n) is 5.53. The Labute approximate surface area is 116 Å². The van der Waals surface area contributed by atoms with Gasteiger partial charge in [0.05, 0.1) is 11.8 Å². The first-order chi connectivity index (χ1) is 8.51. The molecule has 1 aromatic rings. The summed E-state index contributed by atoms with van der Waals surface area (Å²) in [5.41, 5.74) is 6.40. The topological polar surface area (TPSA) is 64.3 Å². The maximum absolute atomic E-state index is 11.9. The summed E-state index contributed by atoms with van der Waals surface area (Å²) in [6.45, 7) is 7.84. The molecule has 1 heterocycles. The number of carbonyl (C=O) groups excluding carboxylic acids is 1. The quantitative estimate of drug-likeness (QED) is 0.623. The third kappa shape index (κ3) is 3.43. The van der Waals surface area contributed by atoms with Crippen LogP contribution in [0.15, 0.2) is 16.9 Å². The molecular weight excluding hydrogens is 268 g/mol. The molecule has 4 nitrogen and oxygen atoms in total. The second-order valence-electron chi connectivity index (χ2n) is 3.83. The molecule has 0 aliphatic carbocycles. The zero-order chi connectivity index (χ0) is 13.7. The van der Waals surface area contributed by atoms with Crippen molar-refractivity contribution in [1.82, 2.24) is 5.32 Å². The summed E-state index contributed by atoms with van der Waals surface area (Å²) in [5, 5.41) is 2.72. The summed E-state index contributed by atoms with van der Waals surface area (Å²) in [7, 11) is 0. The van der Waals surface area contributed by atoms with Crippen LogP contribution in [0.1, 0.15) is 23.5 Å². The van der Waals surface area contributed by atoms with Crippen LogP contribution in [-0.4, -0.2) is 24.8 Å². The molecule has 1 aromatic heterocycles. The third-order valence-electron chi connectivity index (χ3n) is 2.02. The van der Waals surface area contributed by atoms with Gasteiger partial charge in [0.2, 0.25) is 0 Å². The number of thioether (sulfide) groups is 1. The van der Waals surface area contributed by atoms with Crippen molar-refractivity contribution in [3.63, 3.8) is 0 Å². The van der Waals surface area contributed by atoms with E-state index in [2.05, 4.69) is 11.9 Å². The molecular formula is C12H18N2O2S2. The standard InChI is InChI=1S/C12H18N2O2S2/c1-5-6-14-11(15)10-8(13)9(16-7(2)3)12(17-4)18-10/h5,7H,1,6,13H2,2-4H3,(H,14,15). The van der Waals surface area contributed by atoms with Crippen LogP contribution in [0.5, 0.6) is 5.75 Å². The molecule has 0 spiro atoms. The molecule has 3 N–H and O–H groups in total. The van der Waals surface area contributed by atoms with Crippen molar-refractivity contribution < 1.29 is 9.53 Å². The van der Waals surface area contributed by atoms with Crippen molar-refractivity contribution in [2.24, 2.45) is 0 Å². The Morgan fingerprint density at radius 3 is 2.83 bits per heavy atom. The zero-order valence-corrected chi connectivity index (χ0v) is 12.4. The highest BCUT2D eigenvalue weighted by molar-refractivity contribution is 8.00. The Hall–Kier alpha value is -1.14. The van der Waals surface area contributed by atoms with Gasteiger partial charge in [-0.25, -0.2) is 0 Å². The van der Waals surface area contributed by atoms with Crippen LogP contribution in [0, 0.1) is 0 Å². The summed E-state index contributed by atoms with van der Waals surface area (Å²) in [6, 6.07) is 0. The van der Waals surface area contributed by atoms with Gasteiger partial charge in [-0.3, -0.25) is 4.79 Å². The van der Waals surface area contributed by atoms with E-state index in [1.54, 1.807) is 6.08 Å². The van der Waals surface area contributed by atoms with Gasteiger partial charge in [0.15, 0.2) is 5.75 Å². The maximum Gasteiger partial charge on any atom is 0.263 e. The van der Waals surface area contributed by atoms with Crippen LogP contribution < -0.4 is 15.8 Å². The van der Waals surface area contributed by atoms with Gasteiger partial charge in [-0.1, -0.05) is 6.08 Å². The first-order valence-corrected chi connectivity index (χ1v) is 7.57. The fourth-order valence-corrected chi connectivity index (χ4v) is 3.03. The Balaban J connectivity index is 3.03. The van der Waals surface area contributed by atoms with Crippen molar-refractivity contribution in [2.75, 3.05) is 18.5 Å². The molecule has 1 rings (SSSR count). The van der Waals surface area contributed by atoms with Crippen LogP contribution in [0.3, 0.4) is 0 Å². The minimum Gasteiger partial charge on any atom is -0.487 e. The minimum atomic E-state index is -0.189. The average Bonchev–Trinajstić information content (AvgIpc) is 2.63. The Morgan fingerprint density at radius 1 is 1.67 bits per heavy atom. The second kappa shape index (κ2) is 6.70. The highest BCUT2D eigenvalue weighted by Crippen LogP contribution is 2.43. The SMILES string of the molecule is C=CCNC(=O)c1sc(SC)c(OC(C)C)c1N. The van der Waals surface area contributed by atoms with E-state index in [0.717, 1.165) is 4.21 Å². The van der Waals surface area contributed by atoms with Crippen molar-refractivity contribution in [3.05, 3.63) is 17.5 Å². The molecule has 0 bridgehead atoms. The van der Waals surface area contributed by atoms with E-state index in [0.29, 0.717) is 22.9 Å². The number of rotatable bonds is 6. The van der Waals surface area contributed by atoms with Crippen molar-refractivity contribution in [2.45, 2.75) is 24.2 Å². The number of anilines is 1. The molecule has 18 heavy (non-hydrogen) atoms. The molecule has 0 aliphatic heterocycles. The van der Waals surface area contributed by atoms with E-state index in [4.69, 9.17) is 10.5 Å². The van der Waals surface area contributed by atoms with Crippen LogP contribution in [-0.2, 0) is 0 Å². The largest absolute Gasteiger partial charge is 0.487 e. The lowest BCUT2D eigenvalue weighted by atomic mass is 10.3. The number of thiophene rings is 1. The number of hydrogen-bond donors (Lipinski definition) is 2. The minimum absolute atomic E-state index is 0.0249. The van der Waals surface area contributed by atoms with Gasteiger partial charge in [-0.15, -0.1) is 29.7 Å². The lowest BCUT2D eigenvalue weighted by Gasteiger charge is -2.10. The van der Waals surface area contributed by atoms with E-state index in [1.807, 2.05) is 20.1 Å². The highest BCUT2D eigenvalue weighted by Gasteiger charge is 2.22. The van der Waals surface area contributed by atoms with Gasteiger partial charge < -0.3 is 15.8 Å². The van der Waals surface area contributed by atoms with E-state index in [-0.39, 0.29) is 12.0 Å². The van der Waals surface area contributed by atoms with Gasteiger partial charge in [0, 0.05) is 6.54 Å². The van der Waals surface area contributed by atoms with Crippen LogP contribution in [0.25, 0.3) is 0 Å². The van der Waals surface area contributed by atoms with Crippen molar-refractivity contribution in [3.8, 4) is 5.75 Å². The summed E-state index contributed by atoms with van der Waals surface area (Å²) >= 11 is 2.88. The number of hydrogen-bond acceptors (Lipinski definition) is 5. The molecule has 1 amide bonds. The summed E-state index contributed by atoms with van der Waals surface area (Å²) in [6.07, 6.45) is 3.59. The van der Waals surface area contributed by atoms with Gasteiger partial charge in [-0.2, -0.15) is 0 Å². The number of carbonyl (C=O) groups is 1. The number of nitrogen functional groups attached to an aromatic ring is 1. The summed E-state index contributed by atoms with van der Waals surface area (Å²) in [4.78, 5) is 12.4. The van der Waals surface area contributed by atoms with Gasteiger partial charge in [0.1, 0.15) is 9.09 Å². The molecule has 0 atom stereocenters. The Bertz CT molecular complexity index is 442. The predicted octanol–water partition coefficient (Wildman–Crippen LogP) is 2.76. The van der Waals surface area contributed by atoms with Gasteiger partial charge in [0.25, 0.3) is 5.91 Å². The smallest absolute Gasteiger partial charge is 0.263 e. The normalized spacial score (nSPS) is 10.4. The Kier molecular flexibility index (Phi) is 5.55. The molecule has 0 saturated heterocycles. The molecule has 0 saturated carbocycles. The molecule has 0 unspecified atom stereocenters. The maximum atomic E-state index is 11.9. The number of nitrogens with one attached hydrogen (secondary N) is 1. The number of ether oxygens (including phenoxy) is 1. The van der Waals surface area contributed by atoms with Crippen LogP contribution in [0.2, 0.25) is 0 Å². The van der Waals surface area contributed by atoms with E-state index < -0.39 is 0 Å². The molecule has 100 valence electrons. The zero-order valence-electron chi connectivity index (χ0n) is 10.8. The molecule has 0 fully saturated rings. The van der Waals surface area contributed by atoms with Crippen molar-refractivity contribution in [1.29, 1.82) is 0 Å². The fourth-order valence-electron chi connectivity index (χ4n) is 1.30. The predicted molar refractivity (Wildman–Crippen MR) is 78.8 cm³/mol. The third-order valence-corrected chi connectivity index (χ3v) is 4.31. The lowest BCUT2D eigenvalue weighted by molar-refractivity contribution is 0.0962. The Morgan fingerprint density at radius 2 is 2.33 bits per heavy atom. The average molecular weight is 286 g/mol. The molecule has 0 aliphatic rings. The molecule has 6 heteroatoms. The number of nitrogens with two attached hydrogens (primary N) is 1. The second-order valence-corrected chi connectivity index (χ2v) is 5.93. The number of amides is 1. The van der Waals surface area contributed by atoms with E-state index >= 15 is 0 Å². The van der Waals surface area contributed by atoms with E-state index in [1.165, 1.54) is 23.1 Å². The van der Waals surface area contributed by atoms with E-state index in [9.17, 15) is 4.79 Å². The molecule has 0 aromatic carbocycles. The lowest BCUT2D eigenvalue weighted by Crippen LogP contribution is -2.23. The monoisotopic (exact) mass is 286 g/mol. The summed E-state index contributed by atoms with van der Waals surface area (Å²) < 4.78 is 6.59. The van der Waals surface area contributed by atoms with Crippen LogP contribution in [0.4, 0.5) is 5.69 Å². The van der Waals surface area contributed by atoms with Gasteiger partial charge in [-0.05, 0) is 20.1 Å². The van der Waals surface area contributed by atoms with Crippen molar-refractivity contribution >= 4 is 34.7 Å². The van der Waals surface area contributed by atoms with Crippen LogP contribution >= 0.6 is 23.1 Å². The first kappa shape index (κ1) is 14.9. The summed E-state index contributed by atoms with van der Waals surface area (Å²) in [5.74, 6) is 0.428. The fraction of sp³-hybridized carbons (Fsp3) is 0.417. The van der Waals surface area contributed by atoms with Gasteiger partial charge >= 0.3 is 0 Å². The molecule has 0 radical (unpaired) electrons. The highest BCUT2D eigenvalue weighted by atomic mass is 32.2.